The van der Waals surface area contributed by atoms with E-state index in [1.807, 2.05) is 22.9 Å². The number of carboxylic acid groups (broad SMARTS) is 1. The largest absolute Gasteiger partial charge is 0.478 e. The van der Waals surface area contributed by atoms with E-state index in [0.717, 1.165) is 17.3 Å². The molecule has 2 aromatic heterocycles. The lowest BCUT2D eigenvalue weighted by molar-refractivity contribution is 0.0694. The zero-order valence-electron chi connectivity index (χ0n) is 11.2. The normalized spacial score (nSPS) is 11.1. The first-order valence-corrected chi connectivity index (χ1v) is 6.57. The summed E-state index contributed by atoms with van der Waals surface area (Å²) in [7, 11) is 0. The van der Waals surface area contributed by atoms with Crippen molar-refractivity contribution in [2.45, 2.75) is 19.9 Å². The maximum Gasteiger partial charge on any atom is 0.339 e. The second-order valence-corrected chi connectivity index (χ2v) is 4.71. The zero-order chi connectivity index (χ0) is 14.1. The Kier molecular flexibility index (Phi) is 3.06. The van der Waals surface area contributed by atoms with Crippen LogP contribution in [-0.2, 0) is 13.0 Å². The SMILES string of the molecule is CCc1cccc2ccn(Cc3occc3C(=O)O)c12. The summed E-state index contributed by atoms with van der Waals surface area (Å²) in [6, 6.07) is 9.73. The van der Waals surface area contributed by atoms with Crippen LogP contribution in [0.3, 0.4) is 0 Å². The number of hydrogen-bond donors (Lipinski definition) is 1. The second kappa shape index (κ2) is 4.89. The Bertz CT molecular complexity index is 767. The third-order valence-corrected chi connectivity index (χ3v) is 3.54. The van der Waals surface area contributed by atoms with Crippen LogP contribution < -0.4 is 0 Å². The lowest BCUT2D eigenvalue weighted by Crippen LogP contribution is -2.04. The van der Waals surface area contributed by atoms with Crippen molar-refractivity contribution in [1.82, 2.24) is 4.57 Å². The van der Waals surface area contributed by atoms with Crippen molar-refractivity contribution < 1.29 is 14.3 Å². The average molecular weight is 269 g/mol. The lowest BCUT2D eigenvalue weighted by Gasteiger charge is -2.08. The number of benzene rings is 1. The fraction of sp³-hybridized carbons (Fsp3) is 0.188. The fourth-order valence-corrected chi connectivity index (χ4v) is 2.57. The van der Waals surface area contributed by atoms with Crippen LogP contribution in [0, 0.1) is 0 Å². The third-order valence-electron chi connectivity index (χ3n) is 3.54. The molecule has 3 aromatic rings. The highest BCUT2D eigenvalue weighted by Gasteiger charge is 2.15. The summed E-state index contributed by atoms with van der Waals surface area (Å²) < 4.78 is 7.36. The molecule has 2 heterocycles. The minimum absolute atomic E-state index is 0.223. The number of carboxylic acids is 1. The maximum absolute atomic E-state index is 11.1. The highest BCUT2D eigenvalue weighted by atomic mass is 16.4. The second-order valence-electron chi connectivity index (χ2n) is 4.71. The summed E-state index contributed by atoms with van der Waals surface area (Å²) in [4.78, 5) is 11.1. The van der Waals surface area contributed by atoms with E-state index in [4.69, 9.17) is 9.52 Å². The van der Waals surface area contributed by atoms with Crippen molar-refractivity contribution >= 4 is 16.9 Å². The molecule has 0 saturated carbocycles. The highest BCUT2D eigenvalue weighted by molar-refractivity contribution is 5.89. The van der Waals surface area contributed by atoms with Crippen LogP contribution in [0.15, 0.2) is 47.2 Å². The van der Waals surface area contributed by atoms with Gasteiger partial charge in [0.15, 0.2) is 0 Å². The molecule has 0 aliphatic carbocycles. The number of aryl methyl sites for hydroxylation is 1. The molecule has 102 valence electrons. The van der Waals surface area contributed by atoms with Gasteiger partial charge in [-0.2, -0.15) is 0 Å². The van der Waals surface area contributed by atoms with Crippen molar-refractivity contribution in [2.75, 3.05) is 0 Å². The molecule has 1 N–H and O–H groups in total. The van der Waals surface area contributed by atoms with Gasteiger partial charge in [0, 0.05) is 6.20 Å². The smallest absolute Gasteiger partial charge is 0.339 e. The topological polar surface area (TPSA) is 55.4 Å². The molecule has 4 nitrogen and oxygen atoms in total. The zero-order valence-corrected chi connectivity index (χ0v) is 11.2. The molecule has 4 heteroatoms. The molecule has 0 unspecified atom stereocenters. The minimum atomic E-state index is -0.957. The van der Waals surface area contributed by atoms with E-state index >= 15 is 0 Å². The van der Waals surface area contributed by atoms with Gasteiger partial charge in [-0.25, -0.2) is 4.79 Å². The summed E-state index contributed by atoms with van der Waals surface area (Å²) in [5.74, 6) is -0.484. The van der Waals surface area contributed by atoms with E-state index in [2.05, 4.69) is 19.1 Å². The summed E-state index contributed by atoms with van der Waals surface area (Å²) in [6.07, 6.45) is 4.33. The number of nitrogens with zero attached hydrogens (tertiary/aromatic N) is 1. The van der Waals surface area contributed by atoms with Gasteiger partial charge in [-0.3, -0.25) is 0 Å². The maximum atomic E-state index is 11.1. The van der Waals surface area contributed by atoms with Crippen molar-refractivity contribution in [1.29, 1.82) is 0 Å². The molecule has 0 amide bonds. The molecule has 3 rings (SSSR count). The molecule has 0 spiro atoms. The minimum Gasteiger partial charge on any atom is -0.478 e. The van der Waals surface area contributed by atoms with Crippen LogP contribution >= 0.6 is 0 Å². The molecule has 0 radical (unpaired) electrons. The van der Waals surface area contributed by atoms with Crippen LogP contribution in [0.4, 0.5) is 0 Å². The molecule has 0 aliphatic rings. The van der Waals surface area contributed by atoms with Crippen LogP contribution in [0.25, 0.3) is 10.9 Å². The number of aromatic carboxylic acids is 1. The lowest BCUT2D eigenvalue weighted by atomic mass is 10.1. The fourth-order valence-electron chi connectivity index (χ4n) is 2.57. The van der Waals surface area contributed by atoms with Gasteiger partial charge < -0.3 is 14.1 Å². The number of aromatic nitrogens is 1. The summed E-state index contributed by atoms with van der Waals surface area (Å²) >= 11 is 0. The van der Waals surface area contributed by atoms with Gasteiger partial charge in [-0.05, 0) is 29.5 Å². The molecule has 0 saturated heterocycles. The van der Waals surface area contributed by atoms with Crippen LogP contribution in [-0.4, -0.2) is 15.6 Å². The van der Waals surface area contributed by atoms with Crippen molar-refractivity contribution in [2.24, 2.45) is 0 Å². The Balaban J connectivity index is 2.07. The first-order valence-electron chi connectivity index (χ1n) is 6.57. The van der Waals surface area contributed by atoms with Crippen LogP contribution in [0.2, 0.25) is 0 Å². The van der Waals surface area contributed by atoms with Gasteiger partial charge in [0.1, 0.15) is 11.3 Å². The van der Waals surface area contributed by atoms with E-state index in [1.54, 1.807) is 0 Å². The highest BCUT2D eigenvalue weighted by Crippen LogP contribution is 2.23. The Morgan fingerprint density at radius 2 is 2.15 bits per heavy atom. The number of para-hydroxylation sites is 1. The number of carbonyl (C=O) groups is 1. The van der Waals surface area contributed by atoms with Crippen molar-refractivity contribution in [3.05, 3.63) is 59.7 Å². The van der Waals surface area contributed by atoms with E-state index in [1.165, 1.54) is 17.9 Å². The first kappa shape index (κ1) is 12.5. The summed E-state index contributed by atoms with van der Waals surface area (Å²) in [5.41, 5.74) is 2.61. The van der Waals surface area contributed by atoms with E-state index in [9.17, 15) is 4.79 Å². The van der Waals surface area contributed by atoms with Crippen LogP contribution in [0.5, 0.6) is 0 Å². The Labute approximate surface area is 116 Å². The molecule has 1 aromatic carbocycles. The Hall–Kier alpha value is -2.49. The van der Waals surface area contributed by atoms with Crippen LogP contribution in [0.1, 0.15) is 28.6 Å². The van der Waals surface area contributed by atoms with E-state index in [0.29, 0.717) is 12.3 Å². The van der Waals surface area contributed by atoms with Crippen molar-refractivity contribution in [3.63, 3.8) is 0 Å². The Morgan fingerprint density at radius 3 is 2.90 bits per heavy atom. The first-order chi connectivity index (χ1) is 9.70. The molecule has 0 atom stereocenters. The Morgan fingerprint density at radius 1 is 1.30 bits per heavy atom. The molecular formula is C16H15NO3. The molecule has 20 heavy (non-hydrogen) atoms. The van der Waals surface area contributed by atoms with Gasteiger partial charge in [0.05, 0.1) is 18.3 Å². The summed E-state index contributed by atoms with van der Waals surface area (Å²) in [6.45, 7) is 2.54. The monoisotopic (exact) mass is 269 g/mol. The quantitative estimate of drug-likeness (QED) is 0.788. The number of furan rings is 1. The molecule has 0 bridgehead atoms. The molecule has 0 aliphatic heterocycles. The van der Waals surface area contributed by atoms with Gasteiger partial charge in [0.25, 0.3) is 0 Å². The molecular weight excluding hydrogens is 254 g/mol. The third kappa shape index (κ3) is 1.99. The molecule has 0 fully saturated rings. The number of hydrogen-bond acceptors (Lipinski definition) is 2. The van der Waals surface area contributed by atoms with Gasteiger partial charge in [-0.15, -0.1) is 0 Å². The predicted molar refractivity (Wildman–Crippen MR) is 76.1 cm³/mol. The number of rotatable bonds is 4. The van der Waals surface area contributed by atoms with E-state index < -0.39 is 5.97 Å². The van der Waals surface area contributed by atoms with Gasteiger partial charge in [0.2, 0.25) is 0 Å². The summed E-state index contributed by atoms with van der Waals surface area (Å²) in [5, 5.41) is 10.3. The predicted octanol–water partition coefficient (Wildman–Crippen LogP) is 3.54. The van der Waals surface area contributed by atoms with Crippen molar-refractivity contribution in [3.8, 4) is 0 Å². The van der Waals surface area contributed by atoms with Gasteiger partial charge >= 0.3 is 5.97 Å². The average Bonchev–Trinajstić information content (AvgIpc) is 3.06. The van der Waals surface area contributed by atoms with Gasteiger partial charge in [-0.1, -0.05) is 25.1 Å². The van der Waals surface area contributed by atoms with E-state index in [-0.39, 0.29) is 5.56 Å². The number of fused-ring (bicyclic) bond motifs is 1. The standard InChI is InChI=1S/C16H15NO3/c1-2-11-4-3-5-12-6-8-17(15(11)12)10-14-13(16(18)19)7-9-20-14/h3-9H,2,10H2,1H3,(H,18,19).